The van der Waals surface area contributed by atoms with Gasteiger partial charge in [0.2, 0.25) is 5.95 Å². The van der Waals surface area contributed by atoms with E-state index in [1.54, 1.807) is 31.3 Å². The Balaban J connectivity index is 1.23. The molecule has 0 atom stereocenters. The van der Waals surface area contributed by atoms with E-state index in [4.69, 9.17) is 4.98 Å². The van der Waals surface area contributed by atoms with E-state index in [0.717, 1.165) is 17.4 Å². The molecule has 1 fully saturated rings. The second kappa shape index (κ2) is 10.2. The van der Waals surface area contributed by atoms with Crippen molar-refractivity contribution in [1.82, 2.24) is 28.5 Å². The summed E-state index contributed by atoms with van der Waals surface area (Å²) < 4.78 is 4.49. The maximum absolute atomic E-state index is 13.2. The normalized spacial score (nSPS) is 15.8. The summed E-state index contributed by atoms with van der Waals surface area (Å²) in [5.41, 5.74) is 2.13. The van der Waals surface area contributed by atoms with E-state index in [0.29, 0.717) is 61.0 Å². The van der Waals surface area contributed by atoms with E-state index in [-0.39, 0.29) is 24.0 Å². The molecule has 2 aromatic carbocycles. The number of hydrogen-bond acceptors (Lipinski definition) is 7. The predicted octanol–water partition coefficient (Wildman–Crippen LogP) is 1.44. The molecule has 2 aromatic heterocycles. The van der Waals surface area contributed by atoms with Gasteiger partial charge >= 0.3 is 5.69 Å². The van der Waals surface area contributed by atoms with Crippen molar-refractivity contribution in [1.29, 1.82) is 0 Å². The Kier molecular flexibility index (Phi) is 6.59. The Morgan fingerprint density at radius 2 is 1.40 bits per heavy atom. The van der Waals surface area contributed by atoms with Gasteiger partial charge in [-0.1, -0.05) is 42.5 Å². The third-order valence-electron chi connectivity index (χ3n) is 7.89. The summed E-state index contributed by atoms with van der Waals surface area (Å²) in [5, 5.41) is 0. The number of aryl methyl sites for hydroxylation is 3. The summed E-state index contributed by atoms with van der Waals surface area (Å²) in [5.74, 6) is 0.127. The molecule has 0 aliphatic carbocycles. The topological polar surface area (TPSA) is 106 Å². The highest BCUT2D eigenvalue weighted by Crippen LogP contribution is 2.25. The van der Waals surface area contributed by atoms with Gasteiger partial charge in [0.1, 0.15) is 0 Å². The minimum Gasteiger partial charge on any atom is -0.340 e. The van der Waals surface area contributed by atoms with E-state index >= 15 is 0 Å². The third kappa shape index (κ3) is 4.32. The van der Waals surface area contributed by atoms with Crippen molar-refractivity contribution >= 4 is 28.9 Å². The summed E-state index contributed by atoms with van der Waals surface area (Å²) in [6.45, 7) is 3.21. The zero-order chi connectivity index (χ0) is 28.0. The molecule has 0 bridgehead atoms. The first kappa shape index (κ1) is 25.8. The first-order valence-electron chi connectivity index (χ1n) is 13.5. The highest BCUT2D eigenvalue weighted by Gasteiger charge is 2.36. The Morgan fingerprint density at radius 1 is 0.775 bits per heavy atom. The minimum absolute atomic E-state index is 0.225. The molecular formula is C29H31N7O4. The molecule has 40 heavy (non-hydrogen) atoms. The predicted molar refractivity (Wildman–Crippen MR) is 151 cm³/mol. The van der Waals surface area contributed by atoms with E-state index < -0.39 is 5.69 Å². The van der Waals surface area contributed by atoms with Gasteiger partial charge in [-0.15, -0.1) is 0 Å². The van der Waals surface area contributed by atoms with Crippen LogP contribution in [-0.2, 0) is 27.1 Å². The molecule has 1 saturated heterocycles. The van der Waals surface area contributed by atoms with Crippen LogP contribution in [0.2, 0.25) is 0 Å². The lowest BCUT2D eigenvalue weighted by atomic mass is 10.1. The lowest BCUT2D eigenvalue weighted by Gasteiger charge is -2.36. The lowest BCUT2D eigenvalue weighted by molar-refractivity contribution is 0.0534. The summed E-state index contributed by atoms with van der Waals surface area (Å²) in [6.07, 6.45) is 1.65. The first-order chi connectivity index (χ1) is 19.3. The number of carbonyl (C=O) groups is 2. The Labute approximate surface area is 230 Å². The van der Waals surface area contributed by atoms with Gasteiger partial charge in [-0.3, -0.25) is 33.3 Å². The fourth-order valence-electron chi connectivity index (χ4n) is 5.63. The van der Waals surface area contributed by atoms with Crippen LogP contribution in [0.4, 0.5) is 5.95 Å². The number of fused-ring (bicyclic) bond motifs is 2. The van der Waals surface area contributed by atoms with Gasteiger partial charge in [0.15, 0.2) is 11.2 Å². The molecule has 0 saturated carbocycles. The summed E-state index contributed by atoms with van der Waals surface area (Å²) in [4.78, 5) is 61.8. The van der Waals surface area contributed by atoms with E-state index in [9.17, 15) is 19.2 Å². The maximum atomic E-state index is 13.2. The molecule has 206 valence electrons. The Bertz CT molecular complexity index is 1690. The largest absolute Gasteiger partial charge is 0.340 e. The minimum atomic E-state index is -0.413. The van der Waals surface area contributed by atoms with Crippen LogP contribution in [0, 0.1) is 0 Å². The lowest BCUT2D eigenvalue weighted by Crippen LogP contribution is -2.51. The van der Waals surface area contributed by atoms with Crippen molar-refractivity contribution in [2.24, 2.45) is 14.1 Å². The van der Waals surface area contributed by atoms with Crippen molar-refractivity contribution < 1.29 is 9.59 Å². The van der Waals surface area contributed by atoms with Crippen molar-refractivity contribution in [3.05, 3.63) is 92.1 Å². The van der Waals surface area contributed by atoms with Crippen LogP contribution in [0.25, 0.3) is 11.2 Å². The van der Waals surface area contributed by atoms with Crippen molar-refractivity contribution in [3.63, 3.8) is 0 Å². The van der Waals surface area contributed by atoms with Crippen LogP contribution in [0.5, 0.6) is 0 Å². The zero-order valence-electron chi connectivity index (χ0n) is 22.6. The van der Waals surface area contributed by atoms with Gasteiger partial charge in [-0.25, -0.2) is 4.79 Å². The molecular weight excluding hydrogens is 510 g/mol. The number of anilines is 1. The number of aromatic nitrogens is 4. The SMILES string of the molecule is Cn1c(=O)c2c(nc(N3CCN(CN4C(=O)c5ccccc5C4=O)CC3)n2CCCc2ccccc2)n(C)c1=O. The Morgan fingerprint density at radius 3 is 2.05 bits per heavy atom. The molecule has 0 unspecified atom stereocenters. The zero-order valence-corrected chi connectivity index (χ0v) is 22.6. The number of imidazole rings is 1. The first-order valence-corrected chi connectivity index (χ1v) is 13.5. The van der Waals surface area contributed by atoms with Crippen LogP contribution in [0.3, 0.4) is 0 Å². The highest BCUT2D eigenvalue weighted by molar-refractivity contribution is 6.21. The van der Waals surface area contributed by atoms with Crippen LogP contribution in [-0.4, -0.2) is 73.1 Å². The van der Waals surface area contributed by atoms with Crippen LogP contribution < -0.4 is 16.1 Å². The monoisotopic (exact) mass is 541 g/mol. The number of amides is 2. The third-order valence-corrected chi connectivity index (χ3v) is 7.89. The molecule has 4 aromatic rings. The smallest absolute Gasteiger partial charge is 0.332 e. The molecule has 2 amide bonds. The average Bonchev–Trinajstić information content (AvgIpc) is 3.47. The van der Waals surface area contributed by atoms with Crippen molar-refractivity contribution in [3.8, 4) is 0 Å². The molecule has 0 spiro atoms. The fourth-order valence-corrected chi connectivity index (χ4v) is 5.63. The molecule has 2 aliphatic rings. The summed E-state index contributed by atoms with van der Waals surface area (Å²) >= 11 is 0. The second-order valence-corrected chi connectivity index (χ2v) is 10.4. The fraction of sp³-hybridized carbons (Fsp3) is 0.345. The Hall–Kier alpha value is -4.51. The van der Waals surface area contributed by atoms with Gasteiger partial charge in [-0.2, -0.15) is 4.98 Å². The number of nitrogens with zero attached hydrogens (tertiary/aromatic N) is 7. The summed E-state index contributed by atoms with van der Waals surface area (Å²) in [7, 11) is 3.12. The number of carbonyl (C=O) groups excluding carboxylic acids is 2. The molecule has 4 heterocycles. The standard InChI is InChI=1S/C29H31N7O4/c1-31-24-23(27(39)32(2)29(31)40)35(14-8-11-20-9-4-3-5-10-20)28(30-24)34-17-15-33(16-18-34)19-36-25(37)21-12-6-7-13-22(21)26(36)38/h3-7,9-10,12-13H,8,11,14-19H2,1-2H3. The molecule has 11 heteroatoms. The number of imide groups is 1. The van der Waals surface area contributed by atoms with Crippen molar-refractivity contribution in [2.45, 2.75) is 19.4 Å². The van der Waals surface area contributed by atoms with E-state index in [1.807, 2.05) is 22.8 Å². The van der Waals surface area contributed by atoms with E-state index in [1.165, 1.54) is 22.1 Å². The maximum Gasteiger partial charge on any atom is 0.332 e. The second-order valence-electron chi connectivity index (χ2n) is 10.4. The van der Waals surface area contributed by atoms with Gasteiger partial charge in [0.25, 0.3) is 17.4 Å². The number of benzene rings is 2. The number of hydrogen-bond donors (Lipinski definition) is 0. The highest BCUT2D eigenvalue weighted by atomic mass is 16.2. The van der Waals surface area contributed by atoms with Gasteiger partial charge in [-0.05, 0) is 30.5 Å². The molecule has 6 rings (SSSR count). The van der Waals surface area contributed by atoms with Crippen LogP contribution in [0.15, 0.2) is 64.2 Å². The number of rotatable bonds is 7. The number of piperazine rings is 1. The molecule has 11 nitrogen and oxygen atoms in total. The average molecular weight is 542 g/mol. The quantitative estimate of drug-likeness (QED) is 0.326. The van der Waals surface area contributed by atoms with Gasteiger partial charge < -0.3 is 9.47 Å². The van der Waals surface area contributed by atoms with Crippen LogP contribution in [0.1, 0.15) is 32.7 Å². The molecule has 0 N–H and O–H groups in total. The van der Waals surface area contributed by atoms with E-state index in [2.05, 4.69) is 21.9 Å². The molecule has 2 aliphatic heterocycles. The molecule has 0 radical (unpaired) electrons. The van der Waals surface area contributed by atoms with Crippen LogP contribution >= 0.6 is 0 Å². The van der Waals surface area contributed by atoms with Gasteiger partial charge in [0, 0.05) is 46.8 Å². The van der Waals surface area contributed by atoms with Gasteiger partial charge in [0.05, 0.1) is 17.8 Å². The summed E-state index contributed by atoms with van der Waals surface area (Å²) in [6, 6.07) is 17.1. The van der Waals surface area contributed by atoms with Crippen molar-refractivity contribution in [2.75, 3.05) is 37.7 Å².